The number of nitrogens with zero attached hydrogens (tertiary/aromatic N) is 4. The van der Waals surface area contributed by atoms with E-state index in [2.05, 4.69) is 10.1 Å². The van der Waals surface area contributed by atoms with Crippen LogP contribution < -0.4 is 10.5 Å². The van der Waals surface area contributed by atoms with Crippen LogP contribution in [-0.4, -0.2) is 51.6 Å². The molecule has 3 aromatic rings. The van der Waals surface area contributed by atoms with Crippen LogP contribution in [0.25, 0.3) is 5.69 Å². The summed E-state index contributed by atoms with van der Waals surface area (Å²) in [6.45, 7) is 0.951. The first-order chi connectivity index (χ1) is 14.6. The molecule has 4 rings (SSSR count). The molecule has 0 radical (unpaired) electrons. The quantitative estimate of drug-likeness (QED) is 0.655. The fourth-order valence-corrected chi connectivity index (χ4v) is 3.73. The van der Waals surface area contributed by atoms with E-state index in [1.807, 2.05) is 30.3 Å². The number of anilines is 1. The third-order valence-electron chi connectivity index (χ3n) is 5.34. The summed E-state index contributed by atoms with van der Waals surface area (Å²) >= 11 is 0. The lowest BCUT2D eigenvalue weighted by Gasteiger charge is -2.32. The Balaban J connectivity index is 1.50. The highest BCUT2D eigenvalue weighted by Crippen LogP contribution is 2.26. The lowest BCUT2D eigenvalue weighted by Crippen LogP contribution is -2.42. The second-order valence-electron chi connectivity index (χ2n) is 7.23. The number of piperidine rings is 1. The van der Waals surface area contributed by atoms with Gasteiger partial charge in [0, 0.05) is 31.3 Å². The molecule has 154 valence electrons. The first-order valence-corrected chi connectivity index (χ1v) is 9.81. The summed E-state index contributed by atoms with van der Waals surface area (Å²) in [5.41, 5.74) is 7.89. The molecule has 1 aromatic carbocycles. The first kappa shape index (κ1) is 19.6. The Bertz CT molecular complexity index is 1050. The second-order valence-corrected chi connectivity index (χ2v) is 7.23. The summed E-state index contributed by atoms with van der Waals surface area (Å²) in [7, 11) is 1.52. The SMILES string of the molecule is COc1ccc(C(=O)N2CCCC(C(=O)c3cnn(-c4ccccc4)c3N)C2)cn1. The number of pyridine rings is 1. The molecule has 1 atom stereocenters. The maximum atomic E-state index is 13.2. The third kappa shape index (κ3) is 3.76. The van der Waals surface area contributed by atoms with E-state index in [1.165, 1.54) is 19.5 Å². The molecule has 1 aliphatic heterocycles. The Kier molecular flexibility index (Phi) is 5.47. The maximum absolute atomic E-state index is 13.2. The molecule has 8 heteroatoms. The van der Waals surface area contributed by atoms with E-state index in [9.17, 15) is 9.59 Å². The number of methoxy groups -OCH3 is 1. The van der Waals surface area contributed by atoms with Gasteiger partial charge in [-0.25, -0.2) is 9.67 Å². The van der Waals surface area contributed by atoms with Gasteiger partial charge in [0.2, 0.25) is 5.88 Å². The minimum atomic E-state index is -0.315. The second kappa shape index (κ2) is 8.36. The van der Waals surface area contributed by atoms with Gasteiger partial charge < -0.3 is 15.4 Å². The van der Waals surface area contributed by atoms with Gasteiger partial charge in [0.1, 0.15) is 5.82 Å². The molecule has 0 aliphatic carbocycles. The number of carbonyl (C=O) groups excluding carboxylic acids is 2. The topological polar surface area (TPSA) is 103 Å². The Morgan fingerprint density at radius 3 is 2.63 bits per heavy atom. The van der Waals surface area contributed by atoms with Crippen LogP contribution in [0, 0.1) is 5.92 Å². The summed E-state index contributed by atoms with van der Waals surface area (Å²) in [4.78, 5) is 31.8. The van der Waals surface area contributed by atoms with Crippen molar-refractivity contribution in [2.75, 3.05) is 25.9 Å². The highest BCUT2D eigenvalue weighted by molar-refractivity contribution is 6.02. The smallest absolute Gasteiger partial charge is 0.255 e. The molecule has 1 saturated heterocycles. The van der Waals surface area contributed by atoms with E-state index >= 15 is 0 Å². The Labute approximate surface area is 174 Å². The Hall–Kier alpha value is -3.68. The van der Waals surface area contributed by atoms with E-state index in [-0.39, 0.29) is 17.6 Å². The predicted octanol–water partition coefficient (Wildman–Crippen LogP) is 2.59. The molecule has 0 saturated carbocycles. The number of ether oxygens (including phenoxy) is 1. The molecule has 3 heterocycles. The van der Waals surface area contributed by atoms with Gasteiger partial charge in [0.15, 0.2) is 5.78 Å². The zero-order valence-electron chi connectivity index (χ0n) is 16.7. The number of carbonyl (C=O) groups is 2. The van der Waals surface area contributed by atoms with Crippen LogP contribution in [0.1, 0.15) is 33.6 Å². The summed E-state index contributed by atoms with van der Waals surface area (Å²) in [6, 6.07) is 12.8. The van der Waals surface area contributed by atoms with Crippen LogP contribution >= 0.6 is 0 Å². The van der Waals surface area contributed by atoms with Crippen molar-refractivity contribution in [3.05, 3.63) is 66.0 Å². The summed E-state index contributed by atoms with van der Waals surface area (Å²) in [5, 5.41) is 4.29. The number of Topliss-reactive ketones (excluding diaryl/α,β-unsaturated/α-hetero) is 1. The molecule has 0 bridgehead atoms. The molecule has 1 fully saturated rings. The Morgan fingerprint density at radius 2 is 1.93 bits per heavy atom. The number of benzene rings is 1. The molecular weight excluding hydrogens is 382 g/mol. The average Bonchev–Trinajstić information content (AvgIpc) is 3.20. The molecule has 8 nitrogen and oxygen atoms in total. The molecule has 2 aromatic heterocycles. The fraction of sp³-hybridized carbons (Fsp3) is 0.273. The minimum absolute atomic E-state index is 0.0833. The zero-order chi connectivity index (χ0) is 21.1. The van der Waals surface area contributed by atoms with Crippen molar-refractivity contribution in [2.24, 2.45) is 5.92 Å². The van der Waals surface area contributed by atoms with Crippen LogP contribution in [0.2, 0.25) is 0 Å². The number of hydrogen-bond acceptors (Lipinski definition) is 6. The molecule has 1 amide bonds. The van der Waals surface area contributed by atoms with E-state index in [1.54, 1.807) is 21.7 Å². The number of hydrogen-bond donors (Lipinski definition) is 1. The predicted molar refractivity (Wildman–Crippen MR) is 112 cm³/mol. The first-order valence-electron chi connectivity index (χ1n) is 9.81. The van der Waals surface area contributed by atoms with Crippen molar-refractivity contribution in [1.82, 2.24) is 19.7 Å². The molecule has 1 unspecified atom stereocenters. The number of rotatable bonds is 5. The average molecular weight is 405 g/mol. The van der Waals surface area contributed by atoms with E-state index in [0.717, 1.165) is 12.1 Å². The van der Waals surface area contributed by atoms with Gasteiger partial charge in [-0.15, -0.1) is 0 Å². The lowest BCUT2D eigenvalue weighted by molar-refractivity contribution is 0.0637. The van der Waals surface area contributed by atoms with E-state index < -0.39 is 0 Å². The number of amides is 1. The Morgan fingerprint density at radius 1 is 1.13 bits per heavy atom. The standard InChI is InChI=1S/C22H23N5O3/c1-30-19-10-9-15(12-24-19)22(29)26-11-5-6-16(14-26)20(28)18-13-25-27(21(18)23)17-7-3-2-4-8-17/h2-4,7-10,12-13,16H,5-6,11,14,23H2,1H3. The van der Waals surface area contributed by atoms with Crippen molar-refractivity contribution in [3.63, 3.8) is 0 Å². The molecule has 1 aliphatic rings. The number of aromatic nitrogens is 3. The fourth-order valence-electron chi connectivity index (χ4n) is 3.73. The van der Waals surface area contributed by atoms with Crippen molar-refractivity contribution < 1.29 is 14.3 Å². The maximum Gasteiger partial charge on any atom is 0.255 e. The molecule has 2 N–H and O–H groups in total. The van der Waals surface area contributed by atoms with Gasteiger partial charge in [-0.05, 0) is 31.0 Å². The summed E-state index contributed by atoms with van der Waals surface area (Å²) in [6.07, 6.45) is 4.46. The van der Waals surface area contributed by atoms with Crippen LogP contribution in [-0.2, 0) is 0 Å². The molecule has 30 heavy (non-hydrogen) atoms. The third-order valence-corrected chi connectivity index (χ3v) is 5.34. The van der Waals surface area contributed by atoms with Gasteiger partial charge >= 0.3 is 0 Å². The number of ketones is 1. The van der Waals surface area contributed by atoms with Crippen molar-refractivity contribution in [3.8, 4) is 11.6 Å². The van der Waals surface area contributed by atoms with Gasteiger partial charge in [-0.1, -0.05) is 18.2 Å². The normalized spacial score (nSPS) is 16.3. The van der Waals surface area contributed by atoms with Crippen molar-refractivity contribution >= 4 is 17.5 Å². The van der Waals surface area contributed by atoms with Gasteiger partial charge in [-0.3, -0.25) is 9.59 Å². The van der Waals surface area contributed by atoms with Gasteiger partial charge in [-0.2, -0.15) is 5.10 Å². The molecular formula is C22H23N5O3. The van der Waals surface area contributed by atoms with Crippen LogP contribution in [0.4, 0.5) is 5.82 Å². The molecule has 0 spiro atoms. The summed E-state index contributed by atoms with van der Waals surface area (Å²) < 4.78 is 6.59. The van der Waals surface area contributed by atoms with Crippen LogP contribution in [0.5, 0.6) is 5.88 Å². The van der Waals surface area contributed by atoms with Crippen molar-refractivity contribution in [1.29, 1.82) is 0 Å². The highest BCUT2D eigenvalue weighted by Gasteiger charge is 2.31. The van der Waals surface area contributed by atoms with Crippen LogP contribution in [0.15, 0.2) is 54.9 Å². The number of para-hydroxylation sites is 1. The monoisotopic (exact) mass is 405 g/mol. The highest BCUT2D eigenvalue weighted by atomic mass is 16.5. The minimum Gasteiger partial charge on any atom is -0.481 e. The number of nitrogens with two attached hydrogens (primary N) is 1. The largest absolute Gasteiger partial charge is 0.481 e. The van der Waals surface area contributed by atoms with Gasteiger partial charge in [0.05, 0.1) is 30.1 Å². The van der Waals surface area contributed by atoms with Gasteiger partial charge in [0.25, 0.3) is 5.91 Å². The van der Waals surface area contributed by atoms with Crippen molar-refractivity contribution in [2.45, 2.75) is 12.8 Å². The van der Waals surface area contributed by atoms with E-state index in [4.69, 9.17) is 10.5 Å². The van der Waals surface area contributed by atoms with Crippen LogP contribution in [0.3, 0.4) is 0 Å². The zero-order valence-corrected chi connectivity index (χ0v) is 16.7. The number of likely N-dealkylation sites (tertiary alicyclic amines) is 1. The lowest BCUT2D eigenvalue weighted by atomic mass is 9.90. The summed E-state index contributed by atoms with van der Waals surface area (Å²) in [5.74, 6) is 0.221. The number of nitrogen functional groups attached to an aromatic ring is 1. The van der Waals surface area contributed by atoms with E-state index in [0.29, 0.717) is 42.3 Å².